The molecule has 152 valence electrons. The van der Waals surface area contributed by atoms with Crippen molar-refractivity contribution in [3.8, 4) is 0 Å². The van der Waals surface area contributed by atoms with Crippen LogP contribution in [0.5, 0.6) is 0 Å². The summed E-state index contributed by atoms with van der Waals surface area (Å²) in [5.74, 6) is 0. The molecule has 1 aliphatic rings. The van der Waals surface area contributed by atoms with E-state index < -0.39 is 0 Å². The highest BCUT2D eigenvalue weighted by Crippen LogP contribution is 2.26. The third-order valence-corrected chi connectivity index (χ3v) is 6.19. The number of amides is 2. The summed E-state index contributed by atoms with van der Waals surface area (Å²) in [6.45, 7) is 9.63. The van der Waals surface area contributed by atoms with Gasteiger partial charge < -0.3 is 15.1 Å². The van der Waals surface area contributed by atoms with Gasteiger partial charge in [-0.3, -0.25) is 0 Å². The van der Waals surface area contributed by atoms with E-state index in [0.29, 0.717) is 27.8 Å². The quantitative estimate of drug-likeness (QED) is 0.543. The number of rotatable bonds is 8. The average Bonchev–Trinajstić information content (AvgIpc) is 2.66. The predicted octanol–water partition coefficient (Wildman–Crippen LogP) is 6.28. The Bertz CT molecular complexity index is 603. The molecule has 0 saturated carbocycles. The van der Waals surface area contributed by atoms with Crippen LogP contribution in [0.3, 0.4) is 0 Å². The molecule has 0 spiro atoms. The molecule has 1 unspecified atom stereocenters. The highest BCUT2D eigenvalue weighted by atomic mass is 35.5. The summed E-state index contributed by atoms with van der Waals surface area (Å²) in [4.78, 5) is 17.5. The average molecular weight is 414 g/mol. The van der Waals surface area contributed by atoms with Gasteiger partial charge in [0.1, 0.15) is 0 Å². The summed E-state index contributed by atoms with van der Waals surface area (Å²) in [5, 5.41) is 3.94. The van der Waals surface area contributed by atoms with Gasteiger partial charge in [-0.25, -0.2) is 4.79 Å². The molecule has 1 aromatic rings. The van der Waals surface area contributed by atoms with Crippen LogP contribution in [0, 0.1) is 0 Å². The minimum absolute atomic E-state index is 0.0399. The molecule has 27 heavy (non-hydrogen) atoms. The number of unbranched alkanes of at least 4 members (excludes halogenated alkanes) is 1. The molecule has 0 bridgehead atoms. The first-order valence-electron chi connectivity index (χ1n) is 10.2. The number of carbonyl (C=O) groups is 1. The fourth-order valence-electron chi connectivity index (χ4n) is 3.79. The van der Waals surface area contributed by atoms with E-state index in [9.17, 15) is 4.79 Å². The number of carbonyl (C=O) groups excluding carboxylic acids is 1. The van der Waals surface area contributed by atoms with E-state index in [1.54, 1.807) is 18.2 Å². The molecule has 4 nitrogen and oxygen atoms in total. The summed E-state index contributed by atoms with van der Waals surface area (Å²) in [6, 6.07) is 6.09. The standard InChI is InChI=1S/C21H33Cl2N3O/c1-4-6-12-26(18-10-13-25(14-11-18)16(3)7-5-2)21(27)24-17-8-9-19(22)20(23)15-17/h8-9,15-16,18H,4-7,10-14H2,1-3H3,(H,24,27). The van der Waals surface area contributed by atoms with Crippen LogP contribution in [-0.2, 0) is 0 Å². The van der Waals surface area contributed by atoms with Crippen LogP contribution in [-0.4, -0.2) is 47.5 Å². The zero-order valence-electron chi connectivity index (χ0n) is 16.8. The molecule has 1 atom stereocenters. The summed E-state index contributed by atoms with van der Waals surface area (Å²) in [6.07, 6.45) is 6.61. The summed E-state index contributed by atoms with van der Waals surface area (Å²) >= 11 is 12.0. The Labute approximate surface area is 174 Å². The lowest BCUT2D eigenvalue weighted by Crippen LogP contribution is -2.50. The Balaban J connectivity index is 1.99. The molecule has 0 radical (unpaired) electrons. The van der Waals surface area contributed by atoms with Gasteiger partial charge in [0.2, 0.25) is 0 Å². The second-order valence-corrected chi connectivity index (χ2v) is 8.33. The normalized spacial score (nSPS) is 16.9. The van der Waals surface area contributed by atoms with Crippen molar-refractivity contribution in [3.63, 3.8) is 0 Å². The molecule has 1 aromatic carbocycles. The number of piperidine rings is 1. The number of nitrogens with zero attached hydrogens (tertiary/aromatic N) is 2. The van der Waals surface area contributed by atoms with Crippen LogP contribution in [0.4, 0.5) is 10.5 Å². The topological polar surface area (TPSA) is 35.6 Å². The van der Waals surface area contributed by atoms with Crippen LogP contribution >= 0.6 is 23.2 Å². The van der Waals surface area contributed by atoms with Gasteiger partial charge in [0.25, 0.3) is 0 Å². The van der Waals surface area contributed by atoms with Gasteiger partial charge in [0.05, 0.1) is 10.0 Å². The number of urea groups is 1. The lowest BCUT2D eigenvalue weighted by Gasteiger charge is -2.40. The van der Waals surface area contributed by atoms with Crippen molar-refractivity contribution in [1.82, 2.24) is 9.80 Å². The number of nitrogens with one attached hydrogen (secondary N) is 1. The maximum atomic E-state index is 13.0. The summed E-state index contributed by atoms with van der Waals surface area (Å²) in [5.41, 5.74) is 0.685. The van der Waals surface area contributed by atoms with E-state index in [1.165, 1.54) is 12.8 Å². The molecule has 1 N–H and O–H groups in total. The van der Waals surface area contributed by atoms with Crippen molar-refractivity contribution >= 4 is 34.9 Å². The minimum Gasteiger partial charge on any atom is -0.321 e. The monoisotopic (exact) mass is 413 g/mol. The second-order valence-electron chi connectivity index (χ2n) is 7.51. The fraction of sp³-hybridized carbons (Fsp3) is 0.667. The van der Waals surface area contributed by atoms with Crippen molar-refractivity contribution < 1.29 is 4.79 Å². The maximum absolute atomic E-state index is 13.0. The van der Waals surface area contributed by atoms with Gasteiger partial charge in [-0.2, -0.15) is 0 Å². The lowest BCUT2D eigenvalue weighted by atomic mass is 10.0. The van der Waals surface area contributed by atoms with E-state index in [-0.39, 0.29) is 6.03 Å². The minimum atomic E-state index is -0.0399. The SMILES string of the molecule is CCCCN(C(=O)Nc1ccc(Cl)c(Cl)c1)C1CCN(C(C)CCC)CC1. The Morgan fingerprint density at radius 1 is 1.22 bits per heavy atom. The molecule has 0 aliphatic carbocycles. The molecular formula is C21H33Cl2N3O. The lowest BCUT2D eigenvalue weighted by molar-refractivity contribution is 0.101. The van der Waals surface area contributed by atoms with Crippen molar-refractivity contribution in [2.24, 2.45) is 0 Å². The molecule has 6 heteroatoms. The number of halogens is 2. The highest BCUT2D eigenvalue weighted by Gasteiger charge is 2.29. The third kappa shape index (κ3) is 6.55. The van der Waals surface area contributed by atoms with Gasteiger partial charge in [-0.05, 0) is 50.8 Å². The van der Waals surface area contributed by atoms with E-state index in [1.807, 2.05) is 4.90 Å². The number of anilines is 1. The molecule has 1 aliphatic heterocycles. The fourth-order valence-corrected chi connectivity index (χ4v) is 4.08. The number of hydrogen-bond donors (Lipinski definition) is 1. The van der Waals surface area contributed by atoms with Crippen LogP contribution in [0.15, 0.2) is 18.2 Å². The van der Waals surface area contributed by atoms with E-state index in [2.05, 4.69) is 31.0 Å². The van der Waals surface area contributed by atoms with Gasteiger partial charge >= 0.3 is 6.03 Å². The molecule has 0 aromatic heterocycles. The zero-order chi connectivity index (χ0) is 19.8. The van der Waals surface area contributed by atoms with E-state index >= 15 is 0 Å². The Hall–Kier alpha value is -0.970. The predicted molar refractivity (Wildman–Crippen MR) is 116 cm³/mol. The first-order valence-corrected chi connectivity index (χ1v) is 11.0. The van der Waals surface area contributed by atoms with Crippen LogP contribution in [0.25, 0.3) is 0 Å². The van der Waals surface area contributed by atoms with Gasteiger partial charge in [0, 0.05) is 37.4 Å². The van der Waals surface area contributed by atoms with Gasteiger partial charge in [0.15, 0.2) is 0 Å². The van der Waals surface area contributed by atoms with Crippen LogP contribution in [0.1, 0.15) is 59.3 Å². The number of likely N-dealkylation sites (tertiary alicyclic amines) is 1. The maximum Gasteiger partial charge on any atom is 0.322 e. The Kier molecular flexibility index (Phi) is 9.20. The summed E-state index contributed by atoms with van der Waals surface area (Å²) < 4.78 is 0. The van der Waals surface area contributed by atoms with E-state index in [0.717, 1.165) is 45.3 Å². The third-order valence-electron chi connectivity index (χ3n) is 5.45. The van der Waals surface area contributed by atoms with Crippen molar-refractivity contribution in [2.45, 2.75) is 71.4 Å². The zero-order valence-corrected chi connectivity index (χ0v) is 18.3. The molecule has 1 fully saturated rings. The van der Waals surface area contributed by atoms with Crippen LogP contribution in [0.2, 0.25) is 10.0 Å². The largest absolute Gasteiger partial charge is 0.322 e. The highest BCUT2D eigenvalue weighted by molar-refractivity contribution is 6.42. The Morgan fingerprint density at radius 2 is 1.93 bits per heavy atom. The molecule has 2 amide bonds. The summed E-state index contributed by atoms with van der Waals surface area (Å²) in [7, 11) is 0. The van der Waals surface area contributed by atoms with E-state index in [4.69, 9.17) is 23.2 Å². The van der Waals surface area contributed by atoms with Gasteiger partial charge in [-0.1, -0.05) is 49.9 Å². The van der Waals surface area contributed by atoms with Crippen molar-refractivity contribution in [3.05, 3.63) is 28.2 Å². The first kappa shape index (κ1) is 22.3. The molecular weight excluding hydrogens is 381 g/mol. The van der Waals surface area contributed by atoms with Crippen molar-refractivity contribution in [2.75, 3.05) is 25.0 Å². The molecule has 1 saturated heterocycles. The smallest absolute Gasteiger partial charge is 0.321 e. The van der Waals surface area contributed by atoms with Gasteiger partial charge in [-0.15, -0.1) is 0 Å². The number of hydrogen-bond acceptors (Lipinski definition) is 2. The second kappa shape index (κ2) is 11.1. The first-order chi connectivity index (χ1) is 13.0. The molecule has 2 rings (SSSR count). The number of benzene rings is 1. The molecule has 1 heterocycles. The van der Waals surface area contributed by atoms with Crippen LogP contribution < -0.4 is 5.32 Å². The van der Waals surface area contributed by atoms with Crippen molar-refractivity contribution in [1.29, 1.82) is 0 Å². The Morgan fingerprint density at radius 3 is 2.52 bits per heavy atom.